The Hall–Kier alpha value is -1.68. The van der Waals surface area contributed by atoms with Crippen molar-refractivity contribution in [3.63, 3.8) is 0 Å². The zero-order valence-corrected chi connectivity index (χ0v) is 12.2. The Bertz CT molecular complexity index is 545. The molecule has 1 amide bonds. The molecule has 3 nitrogen and oxygen atoms in total. The van der Waals surface area contributed by atoms with Gasteiger partial charge in [0, 0.05) is 23.3 Å². The number of rotatable bonds is 4. The number of halogens is 1. The van der Waals surface area contributed by atoms with Crippen molar-refractivity contribution in [2.24, 2.45) is 0 Å². The first kappa shape index (κ1) is 13.7. The van der Waals surface area contributed by atoms with E-state index in [1.54, 1.807) is 24.5 Å². The lowest BCUT2D eigenvalue weighted by molar-refractivity contribution is 0.0914. The van der Waals surface area contributed by atoms with Crippen molar-refractivity contribution >= 4 is 21.8 Å². The van der Waals surface area contributed by atoms with Crippen LogP contribution in [0.4, 0.5) is 0 Å². The molecule has 1 aromatic carbocycles. The molecule has 2 rings (SSSR count). The maximum atomic E-state index is 12.2. The number of pyridine rings is 1. The first-order chi connectivity index (χ1) is 9.15. The Morgan fingerprint density at radius 3 is 2.42 bits per heavy atom. The van der Waals surface area contributed by atoms with Crippen molar-refractivity contribution in [3.8, 4) is 0 Å². The molecule has 0 aliphatic heterocycles. The van der Waals surface area contributed by atoms with Crippen molar-refractivity contribution in [1.29, 1.82) is 0 Å². The highest BCUT2D eigenvalue weighted by molar-refractivity contribution is 9.09. The molecule has 0 saturated carbocycles. The zero-order valence-electron chi connectivity index (χ0n) is 10.6. The van der Waals surface area contributed by atoms with Crippen LogP contribution in [0.3, 0.4) is 0 Å². The maximum Gasteiger partial charge on any atom is 0.252 e. The van der Waals surface area contributed by atoms with Crippen molar-refractivity contribution < 1.29 is 4.79 Å². The SMILES string of the molecule is CC(CBr)(NC(=O)c1ccncc1)c1ccccc1. The van der Waals surface area contributed by atoms with E-state index in [9.17, 15) is 4.79 Å². The van der Waals surface area contributed by atoms with Gasteiger partial charge in [0.15, 0.2) is 0 Å². The van der Waals surface area contributed by atoms with Crippen LogP contribution in [0.25, 0.3) is 0 Å². The average Bonchev–Trinajstić information content (AvgIpc) is 2.49. The van der Waals surface area contributed by atoms with Crippen LogP contribution in [0.1, 0.15) is 22.8 Å². The minimum Gasteiger partial charge on any atom is -0.342 e. The topological polar surface area (TPSA) is 42.0 Å². The lowest BCUT2D eigenvalue weighted by atomic mass is 9.94. The van der Waals surface area contributed by atoms with Gasteiger partial charge in [-0.1, -0.05) is 46.3 Å². The van der Waals surface area contributed by atoms with Crippen LogP contribution in [0, 0.1) is 0 Å². The molecule has 0 bridgehead atoms. The Labute approximate surface area is 121 Å². The van der Waals surface area contributed by atoms with Crippen LogP contribution < -0.4 is 5.32 Å². The summed E-state index contributed by atoms with van der Waals surface area (Å²) in [4.78, 5) is 16.1. The Kier molecular flexibility index (Phi) is 4.32. The van der Waals surface area contributed by atoms with Crippen LogP contribution >= 0.6 is 15.9 Å². The highest BCUT2D eigenvalue weighted by atomic mass is 79.9. The van der Waals surface area contributed by atoms with Crippen LogP contribution in [0.2, 0.25) is 0 Å². The van der Waals surface area contributed by atoms with E-state index in [1.807, 2.05) is 37.3 Å². The summed E-state index contributed by atoms with van der Waals surface area (Å²) in [7, 11) is 0. The third-order valence-electron chi connectivity index (χ3n) is 3.01. The molecule has 0 saturated heterocycles. The summed E-state index contributed by atoms with van der Waals surface area (Å²) < 4.78 is 0. The molecule has 0 spiro atoms. The molecule has 19 heavy (non-hydrogen) atoms. The number of benzene rings is 1. The Morgan fingerprint density at radius 1 is 1.21 bits per heavy atom. The van der Waals surface area contributed by atoms with E-state index < -0.39 is 5.54 Å². The third kappa shape index (κ3) is 3.20. The maximum absolute atomic E-state index is 12.2. The highest BCUT2D eigenvalue weighted by Crippen LogP contribution is 2.23. The van der Waals surface area contributed by atoms with E-state index in [2.05, 4.69) is 26.2 Å². The van der Waals surface area contributed by atoms with Crippen molar-refractivity contribution in [3.05, 3.63) is 66.0 Å². The molecule has 98 valence electrons. The van der Waals surface area contributed by atoms with Gasteiger partial charge >= 0.3 is 0 Å². The Balaban J connectivity index is 2.22. The van der Waals surface area contributed by atoms with Gasteiger partial charge in [0.25, 0.3) is 5.91 Å². The van der Waals surface area contributed by atoms with E-state index in [0.29, 0.717) is 10.9 Å². The van der Waals surface area contributed by atoms with Crippen molar-refractivity contribution in [1.82, 2.24) is 10.3 Å². The number of alkyl halides is 1. The standard InChI is InChI=1S/C15H15BrN2O/c1-15(11-16,13-5-3-2-4-6-13)18-14(19)12-7-9-17-10-8-12/h2-10H,11H2,1H3,(H,18,19). The fourth-order valence-electron chi connectivity index (χ4n) is 1.81. The van der Waals surface area contributed by atoms with Crippen LogP contribution in [-0.4, -0.2) is 16.2 Å². The van der Waals surface area contributed by atoms with Crippen molar-refractivity contribution in [2.45, 2.75) is 12.5 Å². The van der Waals surface area contributed by atoms with E-state index in [-0.39, 0.29) is 5.91 Å². The second-order valence-electron chi connectivity index (χ2n) is 4.52. The van der Waals surface area contributed by atoms with Gasteiger partial charge in [-0.05, 0) is 24.6 Å². The number of nitrogens with zero attached hydrogens (tertiary/aromatic N) is 1. The number of hydrogen-bond donors (Lipinski definition) is 1. The first-order valence-corrected chi connectivity index (χ1v) is 7.12. The predicted molar refractivity (Wildman–Crippen MR) is 79.3 cm³/mol. The normalized spacial score (nSPS) is 13.6. The summed E-state index contributed by atoms with van der Waals surface area (Å²) in [6.45, 7) is 2.00. The molecule has 1 N–H and O–H groups in total. The molecule has 1 aromatic heterocycles. The van der Waals surface area contributed by atoms with Gasteiger partial charge in [0.05, 0.1) is 5.54 Å². The molecular formula is C15H15BrN2O. The predicted octanol–water partition coefficient (Wildman–Crippen LogP) is 3.12. The van der Waals surface area contributed by atoms with Crippen LogP contribution in [0.15, 0.2) is 54.9 Å². The molecule has 1 heterocycles. The Morgan fingerprint density at radius 2 is 1.84 bits per heavy atom. The summed E-state index contributed by atoms with van der Waals surface area (Å²) in [6.07, 6.45) is 3.23. The van der Waals surface area contributed by atoms with Gasteiger partial charge in [-0.3, -0.25) is 9.78 Å². The van der Waals surface area contributed by atoms with E-state index in [0.717, 1.165) is 5.56 Å². The number of aromatic nitrogens is 1. The molecule has 1 atom stereocenters. The minimum atomic E-state index is -0.443. The summed E-state index contributed by atoms with van der Waals surface area (Å²) in [6, 6.07) is 13.3. The summed E-state index contributed by atoms with van der Waals surface area (Å²) in [5.41, 5.74) is 1.23. The lowest BCUT2D eigenvalue weighted by Crippen LogP contribution is -2.44. The number of carbonyl (C=O) groups excluding carboxylic acids is 1. The molecule has 2 aromatic rings. The monoisotopic (exact) mass is 318 g/mol. The smallest absolute Gasteiger partial charge is 0.252 e. The van der Waals surface area contributed by atoms with Gasteiger partial charge in [-0.25, -0.2) is 0 Å². The first-order valence-electron chi connectivity index (χ1n) is 6.00. The third-order valence-corrected chi connectivity index (χ3v) is 4.13. The number of hydrogen-bond acceptors (Lipinski definition) is 2. The molecule has 0 radical (unpaired) electrons. The minimum absolute atomic E-state index is 0.104. The number of amides is 1. The number of nitrogens with one attached hydrogen (secondary N) is 1. The molecule has 1 unspecified atom stereocenters. The van der Waals surface area contributed by atoms with Gasteiger partial charge in [-0.2, -0.15) is 0 Å². The largest absolute Gasteiger partial charge is 0.342 e. The highest BCUT2D eigenvalue weighted by Gasteiger charge is 2.27. The summed E-state index contributed by atoms with van der Waals surface area (Å²) in [5, 5.41) is 3.70. The molecular weight excluding hydrogens is 304 g/mol. The molecule has 0 aliphatic carbocycles. The van der Waals surface area contributed by atoms with Crippen LogP contribution in [-0.2, 0) is 5.54 Å². The van der Waals surface area contributed by atoms with E-state index in [4.69, 9.17) is 0 Å². The van der Waals surface area contributed by atoms with Crippen molar-refractivity contribution in [2.75, 3.05) is 5.33 Å². The summed E-state index contributed by atoms with van der Waals surface area (Å²) in [5.74, 6) is -0.104. The fourth-order valence-corrected chi connectivity index (χ4v) is 2.28. The molecule has 0 fully saturated rings. The quantitative estimate of drug-likeness (QED) is 0.880. The average molecular weight is 319 g/mol. The van der Waals surface area contributed by atoms with Gasteiger partial charge in [0.1, 0.15) is 0 Å². The van der Waals surface area contributed by atoms with Gasteiger partial charge in [-0.15, -0.1) is 0 Å². The second-order valence-corrected chi connectivity index (χ2v) is 5.08. The van der Waals surface area contributed by atoms with Gasteiger partial charge < -0.3 is 5.32 Å². The number of carbonyl (C=O) groups is 1. The molecule has 0 aliphatic rings. The van der Waals surface area contributed by atoms with Crippen LogP contribution in [0.5, 0.6) is 0 Å². The summed E-state index contributed by atoms with van der Waals surface area (Å²) >= 11 is 3.48. The zero-order chi connectivity index (χ0) is 13.7. The molecule has 4 heteroatoms. The van der Waals surface area contributed by atoms with E-state index in [1.165, 1.54) is 0 Å². The fraction of sp³-hybridized carbons (Fsp3) is 0.200. The second kappa shape index (κ2) is 5.97. The van der Waals surface area contributed by atoms with E-state index >= 15 is 0 Å². The van der Waals surface area contributed by atoms with Gasteiger partial charge in [0.2, 0.25) is 0 Å². The lowest BCUT2D eigenvalue weighted by Gasteiger charge is -2.29.